The fraction of sp³-hybridized carbons (Fsp3) is 0.800. The lowest BCUT2D eigenvalue weighted by atomic mass is 9.57. The number of rotatable bonds is 0. The normalized spacial score (nSPS) is 10.6. The summed E-state index contributed by atoms with van der Waals surface area (Å²) in [6.07, 6.45) is 0. The van der Waals surface area contributed by atoms with E-state index in [2.05, 4.69) is 26.7 Å². The maximum absolute atomic E-state index is 8.21. The first-order chi connectivity index (χ1) is 3.06. The molecule has 0 aromatic rings. The van der Waals surface area contributed by atoms with E-state index in [0.29, 0.717) is 5.31 Å². The van der Waals surface area contributed by atoms with E-state index >= 15 is 0 Å². The van der Waals surface area contributed by atoms with Gasteiger partial charge in [-0.3, -0.25) is 5.26 Å². The van der Waals surface area contributed by atoms with Crippen LogP contribution in [0.3, 0.4) is 0 Å². The zero-order chi connectivity index (χ0) is 5.91. The smallest absolute Gasteiger partial charge is 0.0803 e. The van der Waals surface area contributed by atoms with E-state index in [1.165, 1.54) is 0 Å². The van der Waals surface area contributed by atoms with Gasteiger partial charge in [-0.05, 0) is 0 Å². The molecule has 7 heavy (non-hydrogen) atoms. The summed E-state index contributed by atoms with van der Waals surface area (Å²) in [6, 6.07) is 0. The van der Waals surface area contributed by atoms with Crippen molar-refractivity contribution in [3.63, 3.8) is 0 Å². The number of nitrogens with zero attached hydrogens (tertiary/aromatic N) is 1. The van der Waals surface area contributed by atoms with Gasteiger partial charge in [0.05, 0.1) is 7.28 Å². The van der Waals surface area contributed by atoms with Crippen LogP contribution in [0.1, 0.15) is 20.8 Å². The first-order valence-corrected chi connectivity index (χ1v) is 2.72. The van der Waals surface area contributed by atoms with Crippen LogP contribution in [0, 0.1) is 11.2 Å². The minimum Gasteiger partial charge on any atom is -0.251 e. The van der Waals surface area contributed by atoms with Crippen molar-refractivity contribution in [3.05, 3.63) is 0 Å². The molecule has 0 radical (unpaired) electrons. The van der Waals surface area contributed by atoms with Gasteiger partial charge in [0.1, 0.15) is 0 Å². The Balaban J connectivity index is 3.40. The molecular weight excluding hydrogens is 84.9 g/mol. The lowest BCUT2D eigenvalue weighted by molar-refractivity contribution is 0.759. The van der Waals surface area contributed by atoms with Crippen LogP contribution in [0.2, 0.25) is 5.31 Å². The first-order valence-electron chi connectivity index (χ1n) is 2.72. The predicted octanol–water partition coefficient (Wildman–Crippen LogP) is 0.855. The Kier molecular flexibility index (Phi) is 1.89. The number of nitriles is 1. The van der Waals surface area contributed by atoms with E-state index in [9.17, 15) is 0 Å². The van der Waals surface area contributed by atoms with Crippen molar-refractivity contribution in [2.45, 2.75) is 26.1 Å². The van der Waals surface area contributed by atoms with Gasteiger partial charge in [-0.2, -0.15) is 11.3 Å². The van der Waals surface area contributed by atoms with Gasteiger partial charge in [0.15, 0.2) is 0 Å². The Hall–Kier alpha value is -0.445. The van der Waals surface area contributed by atoms with Gasteiger partial charge < -0.3 is 0 Å². The molecule has 0 rings (SSSR count). The lowest BCUT2D eigenvalue weighted by Gasteiger charge is -2.18. The van der Waals surface area contributed by atoms with Crippen LogP contribution in [-0.2, 0) is 0 Å². The van der Waals surface area contributed by atoms with Crippen LogP contribution in [0.25, 0.3) is 0 Å². The molecule has 0 heterocycles. The van der Waals surface area contributed by atoms with E-state index in [-0.39, 0.29) is 7.28 Å². The standard InChI is InChI=1S/C5H11BN/c1-5(2,3)6-4-7/h6H2,1-3H3/q-1. The third kappa shape index (κ3) is 5.55. The maximum Gasteiger partial charge on any atom is 0.0803 e. The average molecular weight is 96.0 g/mol. The van der Waals surface area contributed by atoms with Crippen LogP contribution >= 0.6 is 0 Å². The molecule has 0 atom stereocenters. The number of hydrogen-bond donors (Lipinski definition) is 0. The van der Waals surface area contributed by atoms with Gasteiger partial charge in [-0.25, -0.2) is 0 Å². The second-order valence-corrected chi connectivity index (χ2v) is 3.47. The van der Waals surface area contributed by atoms with Gasteiger partial charge in [-0.15, -0.1) is 0 Å². The molecule has 40 valence electrons. The Bertz CT molecular complexity index is 85.2. The summed E-state index contributed by atoms with van der Waals surface area (Å²) in [4.78, 5) is 0. The Morgan fingerprint density at radius 1 is 1.43 bits per heavy atom. The Labute approximate surface area is 45.6 Å². The third-order valence-corrected chi connectivity index (χ3v) is 0.862. The second-order valence-electron chi connectivity index (χ2n) is 3.47. The second kappa shape index (κ2) is 2.02. The molecule has 0 aromatic heterocycles. The predicted molar refractivity (Wildman–Crippen MR) is 33.9 cm³/mol. The highest BCUT2D eigenvalue weighted by molar-refractivity contribution is 6.48. The SMILES string of the molecule is CC(C)(C)[BH2-]C#N. The zero-order valence-electron chi connectivity index (χ0n) is 5.45. The minimum atomic E-state index is -0.326. The molecule has 0 unspecified atom stereocenters. The Morgan fingerprint density at radius 2 is 1.86 bits per heavy atom. The molecule has 0 saturated heterocycles. The van der Waals surface area contributed by atoms with E-state index in [1.54, 1.807) is 0 Å². The van der Waals surface area contributed by atoms with Gasteiger partial charge in [-0.1, -0.05) is 20.8 Å². The quantitative estimate of drug-likeness (QED) is 0.410. The summed E-state index contributed by atoms with van der Waals surface area (Å²) in [5, 5.41) is 8.52. The van der Waals surface area contributed by atoms with Crippen LogP contribution in [0.15, 0.2) is 0 Å². The molecule has 0 amide bonds. The van der Waals surface area contributed by atoms with Crippen molar-refractivity contribution >= 4 is 7.28 Å². The molecule has 0 fully saturated rings. The van der Waals surface area contributed by atoms with Crippen molar-refractivity contribution in [1.82, 2.24) is 0 Å². The molecule has 1 nitrogen and oxygen atoms in total. The van der Waals surface area contributed by atoms with Gasteiger partial charge in [0.25, 0.3) is 0 Å². The number of hydrogen-bond acceptors (Lipinski definition) is 1. The zero-order valence-corrected chi connectivity index (χ0v) is 5.45. The van der Waals surface area contributed by atoms with E-state index in [4.69, 9.17) is 5.26 Å². The summed E-state index contributed by atoms with van der Waals surface area (Å²) >= 11 is 0. The van der Waals surface area contributed by atoms with Crippen LogP contribution < -0.4 is 0 Å². The van der Waals surface area contributed by atoms with Crippen molar-refractivity contribution < 1.29 is 0 Å². The van der Waals surface area contributed by atoms with Gasteiger partial charge in [0.2, 0.25) is 0 Å². The Morgan fingerprint density at radius 3 is 1.86 bits per heavy atom. The summed E-state index contributed by atoms with van der Waals surface area (Å²) in [7, 11) is -0.326. The molecule has 0 aliphatic rings. The lowest BCUT2D eigenvalue weighted by Crippen LogP contribution is -2.04. The minimum absolute atomic E-state index is 0.314. The van der Waals surface area contributed by atoms with E-state index < -0.39 is 0 Å². The van der Waals surface area contributed by atoms with Crippen LogP contribution in [0.4, 0.5) is 0 Å². The maximum atomic E-state index is 8.21. The highest BCUT2D eigenvalue weighted by Gasteiger charge is 2.00. The summed E-state index contributed by atoms with van der Waals surface area (Å²) in [5.74, 6) is 2.23. The van der Waals surface area contributed by atoms with Crippen LogP contribution in [-0.4, -0.2) is 7.28 Å². The topological polar surface area (TPSA) is 23.8 Å². The molecular formula is C5H11BN-. The van der Waals surface area contributed by atoms with Gasteiger partial charge >= 0.3 is 0 Å². The molecule has 0 N–H and O–H groups in total. The molecule has 0 saturated carbocycles. The van der Waals surface area contributed by atoms with Crippen molar-refractivity contribution in [1.29, 1.82) is 5.26 Å². The third-order valence-electron chi connectivity index (χ3n) is 0.862. The fourth-order valence-electron chi connectivity index (χ4n) is 0.335. The average Bonchev–Trinajstić information content (AvgIpc) is 1.30. The molecule has 0 spiro atoms. The highest BCUT2D eigenvalue weighted by atomic mass is 14.2. The van der Waals surface area contributed by atoms with Gasteiger partial charge in [0, 0.05) is 0 Å². The summed E-state index contributed by atoms with van der Waals surface area (Å²) < 4.78 is 0. The highest BCUT2D eigenvalue weighted by Crippen LogP contribution is 2.18. The summed E-state index contributed by atoms with van der Waals surface area (Å²) in [5.41, 5.74) is 0. The molecule has 0 aliphatic carbocycles. The molecule has 2 heteroatoms. The molecule has 0 bridgehead atoms. The van der Waals surface area contributed by atoms with Crippen molar-refractivity contribution in [2.75, 3.05) is 0 Å². The summed E-state index contributed by atoms with van der Waals surface area (Å²) in [6.45, 7) is 6.32. The van der Waals surface area contributed by atoms with Crippen molar-refractivity contribution in [2.24, 2.45) is 0 Å². The van der Waals surface area contributed by atoms with Crippen LogP contribution in [0.5, 0.6) is 0 Å². The molecule has 0 aliphatic heterocycles. The fourth-order valence-corrected chi connectivity index (χ4v) is 0.335. The van der Waals surface area contributed by atoms with E-state index in [0.717, 1.165) is 0 Å². The molecule has 0 aromatic carbocycles. The largest absolute Gasteiger partial charge is 0.251 e. The monoisotopic (exact) mass is 96.1 g/mol. The van der Waals surface area contributed by atoms with E-state index in [1.807, 2.05) is 0 Å². The van der Waals surface area contributed by atoms with Crippen molar-refractivity contribution in [3.8, 4) is 5.97 Å². The first kappa shape index (κ1) is 6.55.